The first-order valence-corrected chi connectivity index (χ1v) is 17.8. The molecule has 0 radical (unpaired) electrons. The van der Waals surface area contributed by atoms with E-state index in [1.807, 2.05) is 32.0 Å². The van der Waals surface area contributed by atoms with Gasteiger partial charge in [0.25, 0.3) is 20.2 Å². The fourth-order valence-corrected chi connectivity index (χ4v) is 6.32. The summed E-state index contributed by atoms with van der Waals surface area (Å²) in [6, 6.07) is 26.4. The number of rotatable bonds is 6. The molecule has 3 aromatic carbocycles. The minimum absolute atomic E-state index is 0.0666. The van der Waals surface area contributed by atoms with Gasteiger partial charge in [0.2, 0.25) is 0 Å². The van der Waals surface area contributed by atoms with Crippen molar-refractivity contribution in [3.05, 3.63) is 114 Å². The molecule has 2 saturated heterocycles. The Morgan fingerprint density at radius 2 is 1.20 bits per heavy atom. The van der Waals surface area contributed by atoms with Crippen molar-refractivity contribution in [1.82, 2.24) is 15.1 Å². The van der Waals surface area contributed by atoms with Gasteiger partial charge < -0.3 is 4.90 Å². The Balaban J connectivity index is 0.000000182. The number of allylic oxidation sites excluding steroid dienone is 1. The molecule has 2 atom stereocenters. The van der Waals surface area contributed by atoms with Crippen molar-refractivity contribution in [2.24, 2.45) is 11.8 Å². The van der Waals surface area contributed by atoms with Crippen molar-refractivity contribution in [3.8, 4) is 11.3 Å². The number of benzene rings is 3. The van der Waals surface area contributed by atoms with Gasteiger partial charge in [-0.15, -0.1) is 10.2 Å². The highest BCUT2D eigenvalue weighted by Crippen LogP contribution is 2.33. The van der Waals surface area contributed by atoms with E-state index in [1.54, 1.807) is 24.3 Å². The SMILES string of the molecule is C/C=C/CN1CC2CN(c3ccc(-c4ccccc4)nn3)CC2C1.Cc1ccc(S(=O)(=O)O)cc1.Cc1ccc(S(=O)(=O)O)cc1. The van der Waals surface area contributed by atoms with Gasteiger partial charge in [-0.25, -0.2) is 0 Å². The zero-order valence-corrected chi connectivity index (χ0v) is 27.8. The predicted octanol–water partition coefficient (Wildman–Crippen LogP) is 5.57. The van der Waals surface area contributed by atoms with E-state index in [2.05, 4.69) is 63.3 Å². The molecular formula is C34H40N4O6S2. The average Bonchev–Trinajstić information content (AvgIpc) is 3.60. The smallest absolute Gasteiger partial charge is 0.294 e. The summed E-state index contributed by atoms with van der Waals surface area (Å²) in [7, 11) is -8.04. The van der Waals surface area contributed by atoms with Crippen molar-refractivity contribution < 1.29 is 25.9 Å². The largest absolute Gasteiger partial charge is 0.354 e. The fourth-order valence-electron chi connectivity index (χ4n) is 5.36. The van der Waals surface area contributed by atoms with Gasteiger partial charge in [0, 0.05) is 38.3 Å². The van der Waals surface area contributed by atoms with Crippen LogP contribution in [0.15, 0.2) is 113 Å². The predicted molar refractivity (Wildman–Crippen MR) is 180 cm³/mol. The molecule has 2 N–H and O–H groups in total. The number of fused-ring (bicyclic) bond motifs is 1. The van der Waals surface area contributed by atoms with E-state index in [4.69, 9.17) is 9.11 Å². The summed E-state index contributed by atoms with van der Waals surface area (Å²) >= 11 is 0. The topological polar surface area (TPSA) is 141 Å². The first kappa shape index (κ1) is 34.9. The molecule has 10 nitrogen and oxygen atoms in total. The number of hydrogen-bond acceptors (Lipinski definition) is 8. The van der Waals surface area contributed by atoms with E-state index in [-0.39, 0.29) is 9.79 Å². The highest BCUT2D eigenvalue weighted by atomic mass is 32.2. The summed E-state index contributed by atoms with van der Waals surface area (Å²) in [5, 5.41) is 8.92. The molecule has 2 unspecified atom stereocenters. The molecule has 46 heavy (non-hydrogen) atoms. The van der Waals surface area contributed by atoms with Gasteiger partial charge in [0.1, 0.15) is 0 Å². The standard InChI is InChI=1S/C20H24N4.2C7H8O3S/c1-2-3-11-23-12-17-14-24(15-18(17)13-23)20-10-9-19(21-22-20)16-7-5-4-6-8-16;2*1-6-2-4-7(5-3-6)11(8,9)10/h2-10,17-18H,11-15H2,1H3;2*2-5H,1H3,(H,8,9,10)/b3-2+;;. The van der Waals surface area contributed by atoms with E-state index in [0.29, 0.717) is 0 Å². The minimum Gasteiger partial charge on any atom is -0.354 e. The molecule has 244 valence electrons. The second-order valence-corrected chi connectivity index (χ2v) is 14.3. The molecule has 0 aliphatic carbocycles. The van der Waals surface area contributed by atoms with Crippen LogP contribution in [0, 0.1) is 25.7 Å². The Morgan fingerprint density at radius 3 is 1.61 bits per heavy atom. The van der Waals surface area contributed by atoms with E-state index in [1.165, 1.54) is 37.4 Å². The molecule has 3 heterocycles. The van der Waals surface area contributed by atoms with Crippen LogP contribution in [0.1, 0.15) is 18.1 Å². The molecule has 0 spiro atoms. The van der Waals surface area contributed by atoms with Gasteiger partial charge in [-0.05, 0) is 69.0 Å². The zero-order valence-electron chi connectivity index (χ0n) is 26.1. The minimum atomic E-state index is -4.02. The third-order valence-electron chi connectivity index (χ3n) is 7.84. The van der Waals surface area contributed by atoms with Gasteiger partial charge in [-0.3, -0.25) is 14.0 Å². The summed E-state index contributed by atoms with van der Waals surface area (Å²) in [5.41, 5.74) is 3.97. The van der Waals surface area contributed by atoms with E-state index < -0.39 is 20.2 Å². The second kappa shape index (κ2) is 15.6. The lowest BCUT2D eigenvalue weighted by atomic mass is 10.0. The maximum atomic E-state index is 10.5. The first-order valence-electron chi connectivity index (χ1n) is 14.9. The molecular weight excluding hydrogens is 625 g/mol. The Hall–Kier alpha value is -3.94. The normalized spacial score (nSPS) is 18.0. The van der Waals surface area contributed by atoms with Crippen LogP contribution in [0.3, 0.4) is 0 Å². The Bertz CT molecular complexity index is 1710. The Morgan fingerprint density at radius 1 is 0.696 bits per heavy atom. The summed E-state index contributed by atoms with van der Waals surface area (Å²) in [5.74, 6) is 2.56. The van der Waals surface area contributed by atoms with Crippen LogP contribution >= 0.6 is 0 Å². The second-order valence-electron chi connectivity index (χ2n) is 11.4. The summed E-state index contributed by atoms with van der Waals surface area (Å²) in [6.45, 7) is 11.5. The zero-order chi connectivity index (χ0) is 33.3. The number of nitrogens with zero attached hydrogens (tertiary/aromatic N) is 4. The van der Waals surface area contributed by atoms with Gasteiger partial charge in [-0.1, -0.05) is 77.9 Å². The summed E-state index contributed by atoms with van der Waals surface area (Å²) < 4.78 is 59.1. The van der Waals surface area contributed by atoms with Crippen LogP contribution in [0.5, 0.6) is 0 Å². The maximum Gasteiger partial charge on any atom is 0.294 e. The molecule has 12 heteroatoms. The molecule has 2 fully saturated rings. The van der Waals surface area contributed by atoms with Crippen LogP contribution in [0.25, 0.3) is 11.3 Å². The number of hydrogen-bond donors (Lipinski definition) is 2. The monoisotopic (exact) mass is 664 g/mol. The van der Waals surface area contributed by atoms with Crippen molar-refractivity contribution in [2.45, 2.75) is 30.6 Å². The van der Waals surface area contributed by atoms with Crippen LogP contribution in [0.2, 0.25) is 0 Å². The van der Waals surface area contributed by atoms with Crippen LogP contribution in [-0.2, 0) is 20.2 Å². The van der Waals surface area contributed by atoms with Gasteiger partial charge in [-0.2, -0.15) is 16.8 Å². The maximum absolute atomic E-state index is 10.5. The van der Waals surface area contributed by atoms with Gasteiger partial charge in [0.15, 0.2) is 5.82 Å². The number of aryl methyl sites for hydroxylation is 2. The van der Waals surface area contributed by atoms with Crippen LogP contribution in [-0.4, -0.2) is 73.8 Å². The fraction of sp³-hybridized carbons (Fsp3) is 0.294. The number of aromatic nitrogens is 2. The van der Waals surface area contributed by atoms with Crippen molar-refractivity contribution in [1.29, 1.82) is 0 Å². The van der Waals surface area contributed by atoms with Crippen molar-refractivity contribution >= 4 is 26.1 Å². The van der Waals surface area contributed by atoms with Crippen LogP contribution in [0.4, 0.5) is 5.82 Å². The molecule has 1 aromatic heterocycles. The van der Waals surface area contributed by atoms with Crippen LogP contribution < -0.4 is 4.90 Å². The molecule has 6 rings (SSSR count). The highest BCUT2D eigenvalue weighted by molar-refractivity contribution is 7.86. The number of likely N-dealkylation sites (tertiary alicyclic amines) is 1. The third-order valence-corrected chi connectivity index (χ3v) is 9.58. The highest BCUT2D eigenvalue weighted by Gasteiger charge is 2.40. The van der Waals surface area contributed by atoms with Gasteiger partial charge in [0.05, 0.1) is 15.5 Å². The van der Waals surface area contributed by atoms with Gasteiger partial charge >= 0.3 is 0 Å². The Labute approximate surface area is 271 Å². The third kappa shape index (κ3) is 10.0. The lowest BCUT2D eigenvalue weighted by molar-refractivity contribution is 0.350. The number of anilines is 1. The Kier molecular flexibility index (Phi) is 11.8. The quantitative estimate of drug-likeness (QED) is 0.199. The molecule has 0 saturated carbocycles. The molecule has 2 aliphatic rings. The summed E-state index contributed by atoms with van der Waals surface area (Å²) in [4.78, 5) is 4.84. The van der Waals surface area contributed by atoms with E-state index in [9.17, 15) is 16.8 Å². The lowest BCUT2D eigenvalue weighted by Crippen LogP contribution is -2.29. The molecule has 4 aromatic rings. The van der Waals surface area contributed by atoms with Crippen molar-refractivity contribution in [2.75, 3.05) is 37.6 Å². The molecule has 0 bridgehead atoms. The molecule has 0 amide bonds. The average molecular weight is 665 g/mol. The van der Waals surface area contributed by atoms with E-state index >= 15 is 0 Å². The van der Waals surface area contributed by atoms with E-state index in [0.717, 1.165) is 59.7 Å². The first-order chi connectivity index (χ1) is 21.8. The molecule has 2 aliphatic heterocycles. The van der Waals surface area contributed by atoms with Crippen molar-refractivity contribution in [3.63, 3.8) is 0 Å². The summed E-state index contributed by atoms with van der Waals surface area (Å²) in [6.07, 6.45) is 4.40. The lowest BCUT2D eigenvalue weighted by Gasteiger charge is -2.21.